The first-order valence-electron chi connectivity index (χ1n) is 5.85. The van der Waals surface area contributed by atoms with Crippen LogP contribution in [0.5, 0.6) is 11.5 Å². The summed E-state index contributed by atoms with van der Waals surface area (Å²) in [6.45, 7) is 1.02. The van der Waals surface area contributed by atoms with Crippen LogP contribution in [0.4, 0.5) is 0 Å². The van der Waals surface area contributed by atoms with E-state index in [0.717, 1.165) is 0 Å². The Morgan fingerprint density at radius 1 is 1.45 bits per heavy atom. The maximum Gasteiger partial charge on any atom is 0.335 e. The van der Waals surface area contributed by atoms with Crippen LogP contribution in [0.2, 0.25) is 0 Å². The summed E-state index contributed by atoms with van der Waals surface area (Å²) in [5.41, 5.74) is 0.190. The lowest BCUT2D eigenvalue weighted by Gasteiger charge is -2.26. The number of carboxylic acids is 1. The monoisotopic (exact) mass is 296 g/mol. The molecule has 0 fully saturated rings. The van der Waals surface area contributed by atoms with Gasteiger partial charge in [-0.2, -0.15) is 0 Å². The number of rotatable bonds is 3. The van der Waals surface area contributed by atoms with Crippen molar-refractivity contribution in [2.75, 3.05) is 6.61 Å². The van der Waals surface area contributed by atoms with Gasteiger partial charge in [-0.25, -0.2) is 9.78 Å². The van der Waals surface area contributed by atoms with Gasteiger partial charge in [0.05, 0.1) is 18.4 Å². The largest absolute Gasteiger partial charge is 0.486 e. The van der Waals surface area contributed by atoms with Crippen molar-refractivity contribution in [3.8, 4) is 11.5 Å². The van der Waals surface area contributed by atoms with E-state index in [1.807, 2.05) is 10.8 Å². The number of fused-ring (bicyclic) bond motifs is 1. The molecule has 1 unspecified atom stereocenters. The van der Waals surface area contributed by atoms with Crippen molar-refractivity contribution in [1.82, 2.24) is 9.55 Å². The van der Waals surface area contributed by atoms with Crippen molar-refractivity contribution in [2.24, 2.45) is 0 Å². The Morgan fingerprint density at radius 3 is 3.00 bits per heavy atom. The summed E-state index contributed by atoms with van der Waals surface area (Å²) in [5, 5.41) is 8.90. The number of ether oxygens (including phenoxy) is 2. The molecule has 0 spiro atoms. The predicted octanol–water partition coefficient (Wildman–Crippen LogP) is 1.84. The molecule has 106 valence electrons. The second kappa shape index (κ2) is 5.83. The fourth-order valence-corrected chi connectivity index (χ4v) is 1.97. The first kappa shape index (κ1) is 14.2. The zero-order chi connectivity index (χ0) is 13.2. The molecule has 7 heteroatoms. The molecule has 2 heterocycles. The van der Waals surface area contributed by atoms with Gasteiger partial charge in [-0.3, -0.25) is 0 Å². The molecule has 1 aromatic carbocycles. The molecule has 0 saturated carbocycles. The van der Waals surface area contributed by atoms with Crippen molar-refractivity contribution in [3.05, 3.63) is 42.5 Å². The van der Waals surface area contributed by atoms with Crippen molar-refractivity contribution >= 4 is 18.4 Å². The number of hydrogen-bond donors (Lipinski definition) is 1. The lowest BCUT2D eigenvalue weighted by atomic mass is 10.2. The fourth-order valence-electron chi connectivity index (χ4n) is 1.97. The second-order valence-electron chi connectivity index (χ2n) is 4.28. The first-order valence-corrected chi connectivity index (χ1v) is 5.85. The zero-order valence-corrected chi connectivity index (χ0v) is 11.2. The number of imidazole rings is 1. The number of halogens is 1. The Bertz CT molecular complexity index is 600. The Labute approximate surface area is 121 Å². The molecule has 20 heavy (non-hydrogen) atoms. The van der Waals surface area contributed by atoms with Gasteiger partial charge in [-0.1, -0.05) is 0 Å². The van der Waals surface area contributed by atoms with Crippen molar-refractivity contribution in [2.45, 2.75) is 12.6 Å². The predicted molar refractivity (Wildman–Crippen MR) is 72.8 cm³/mol. The van der Waals surface area contributed by atoms with Gasteiger partial charge in [0.2, 0.25) is 0 Å². The number of hydrogen-bond acceptors (Lipinski definition) is 4. The molecule has 0 saturated heterocycles. The van der Waals surface area contributed by atoms with Crippen LogP contribution in [0.25, 0.3) is 0 Å². The van der Waals surface area contributed by atoms with Gasteiger partial charge in [0, 0.05) is 12.4 Å². The van der Waals surface area contributed by atoms with E-state index < -0.39 is 5.97 Å². The minimum Gasteiger partial charge on any atom is -0.486 e. The molecule has 1 aliphatic rings. The zero-order valence-electron chi connectivity index (χ0n) is 10.4. The SMILES string of the molecule is Cl.O=C(O)c1ccc2c(c1)OCC(Cn1ccnc1)O2. The summed E-state index contributed by atoms with van der Waals surface area (Å²) in [6.07, 6.45) is 5.16. The lowest BCUT2D eigenvalue weighted by Crippen LogP contribution is -2.33. The number of aromatic nitrogens is 2. The molecule has 0 aliphatic carbocycles. The van der Waals surface area contributed by atoms with Crippen LogP contribution in [0, 0.1) is 0 Å². The van der Waals surface area contributed by atoms with E-state index in [4.69, 9.17) is 14.6 Å². The Morgan fingerprint density at radius 2 is 2.30 bits per heavy atom. The van der Waals surface area contributed by atoms with E-state index in [0.29, 0.717) is 24.7 Å². The van der Waals surface area contributed by atoms with E-state index in [9.17, 15) is 4.79 Å². The fraction of sp³-hybridized carbons (Fsp3) is 0.231. The van der Waals surface area contributed by atoms with Crippen LogP contribution in [0.15, 0.2) is 36.9 Å². The molecule has 0 radical (unpaired) electrons. The smallest absolute Gasteiger partial charge is 0.335 e. The minimum absolute atomic E-state index is 0. The highest BCUT2D eigenvalue weighted by molar-refractivity contribution is 5.88. The van der Waals surface area contributed by atoms with E-state index in [1.54, 1.807) is 18.6 Å². The number of carbonyl (C=O) groups is 1. The third-order valence-corrected chi connectivity index (χ3v) is 2.88. The normalized spacial score (nSPS) is 16.3. The molecule has 1 atom stereocenters. The highest BCUT2D eigenvalue weighted by Gasteiger charge is 2.22. The number of benzene rings is 1. The molecule has 1 N–H and O–H groups in total. The van der Waals surface area contributed by atoms with E-state index in [2.05, 4.69) is 4.98 Å². The number of aromatic carboxylic acids is 1. The Hall–Kier alpha value is -2.21. The Balaban J connectivity index is 0.00000147. The molecule has 2 aromatic rings. The third-order valence-electron chi connectivity index (χ3n) is 2.88. The first-order chi connectivity index (χ1) is 9.22. The van der Waals surface area contributed by atoms with Crippen LogP contribution in [0.3, 0.4) is 0 Å². The van der Waals surface area contributed by atoms with Crippen LogP contribution < -0.4 is 9.47 Å². The average molecular weight is 297 g/mol. The highest BCUT2D eigenvalue weighted by atomic mass is 35.5. The van der Waals surface area contributed by atoms with Crippen molar-refractivity contribution in [3.63, 3.8) is 0 Å². The van der Waals surface area contributed by atoms with E-state index >= 15 is 0 Å². The molecule has 1 aliphatic heterocycles. The van der Waals surface area contributed by atoms with Gasteiger partial charge in [0.25, 0.3) is 0 Å². The average Bonchev–Trinajstić information content (AvgIpc) is 2.91. The maximum atomic E-state index is 10.9. The topological polar surface area (TPSA) is 73.6 Å². The van der Waals surface area contributed by atoms with Gasteiger partial charge in [-0.15, -0.1) is 12.4 Å². The quantitative estimate of drug-likeness (QED) is 0.935. The standard InChI is InChI=1S/C13H12N2O4.ClH/c16-13(17)9-1-2-11-12(5-9)18-7-10(19-11)6-15-4-3-14-8-15;/h1-5,8,10H,6-7H2,(H,16,17);1H. The summed E-state index contributed by atoms with van der Waals surface area (Å²) in [7, 11) is 0. The molecular weight excluding hydrogens is 284 g/mol. The molecule has 1 aromatic heterocycles. The van der Waals surface area contributed by atoms with Crippen LogP contribution in [-0.2, 0) is 6.54 Å². The Kier molecular flexibility index (Phi) is 4.14. The van der Waals surface area contributed by atoms with Crippen molar-refractivity contribution in [1.29, 1.82) is 0 Å². The number of nitrogens with zero attached hydrogens (tertiary/aromatic N) is 2. The highest BCUT2D eigenvalue weighted by Crippen LogP contribution is 2.32. The second-order valence-corrected chi connectivity index (χ2v) is 4.28. The summed E-state index contributed by atoms with van der Waals surface area (Å²) in [5.74, 6) is 0.0649. The van der Waals surface area contributed by atoms with Gasteiger partial charge in [-0.05, 0) is 18.2 Å². The molecular formula is C13H13ClN2O4. The number of carboxylic acid groups (broad SMARTS) is 1. The summed E-state index contributed by atoms with van der Waals surface area (Å²) in [4.78, 5) is 14.8. The van der Waals surface area contributed by atoms with E-state index in [1.165, 1.54) is 12.1 Å². The molecule has 0 bridgehead atoms. The lowest BCUT2D eigenvalue weighted by molar-refractivity contribution is 0.0688. The van der Waals surface area contributed by atoms with Gasteiger partial charge in [0.1, 0.15) is 6.61 Å². The maximum absolute atomic E-state index is 10.9. The molecule has 0 amide bonds. The molecule has 3 rings (SSSR count). The van der Waals surface area contributed by atoms with Crippen LogP contribution in [0.1, 0.15) is 10.4 Å². The summed E-state index contributed by atoms with van der Waals surface area (Å²) >= 11 is 0. The van der Waals surface area contributed by atoms with E-state index in [-0.39, 0.29) is 24.1 Å². The van der Waals surface area contributed by atoms with Crippen molar-refractivity contribution < 1.29 is 19.4 Å². The third kappa shape index (κ3) is 2.85. The van der Waals surface area contributed by atoms with Crippen LogP contribution in [-0.4, -0.2) is 33.3 Å². The minimum atomic E-state index is -0.980. The summed E-state index contributed by atoms with van der Waals surface area (Å²) < 4.78 is 13.2. The van der Waals surface area contributed by atoms with Crippen LogP contribution >= 0.6 is 12.4 Å². The van der Waals surface area contributed by atoms with Gasteiger partial charge in [0.15, 0.2) is 17.6 Å². The van der Waals surface area contributed by atoms with Gasteiger partial charge >= 0.3 is 5.97 Å². The molecule has 6 nitrogen and oxygen atoms in total. The van der Waals surface area contributed by atoms with Gasteiger partial charge < -0.3 is 19.1 Å². The summed E-state index contributed by atoms with van der Waals surface area (Å²) in [6, 6.07) is 4.61.